The van der Waals surface area contributed by atoms with Gasteiger partial charge in [-0.15, -0.1) is 0 Å². The fraction of sp³-hybridized carbons (Fsp3) is 1.00. The predicted octanol–water partition coefficient (Wildman–Crippen LogP) is 1.96. The zero-order valence-electron chi connectivity index (χ0n) is 10.4. The molecule has 0 spiro atoms. The second-order valence-corrected chi connectivity index (χ2v) is 5.13. The van der Waals surface area contributed by atoms with Crippen molar-refractivity contribution in [3.8, 4) is 0 Å². The van der Waals surface area contributed by atoms with Gasteiger partial charge in [0.15, 0.2) is 0 Å². The Labute approximate surface area is 88.1 Å². The van der Waals surface area contributed by atoms with Crippen molar-refractivity contribution in [1.82, 2.24) is 0 Å². The normalized spacial score (nSPS) is 12.0. The topological polar surface area (TPSA) is 49.7 Å². The maximum absolute atomic E-state index is 7.91. The molecule has 3 nitrogen and oxygen atoms in total. The third-order valence-corrected chi connectivity index (χ3v) is 0.929. The van der Waals surface area contributed by atoms with E-state index >= 15 is 0 Å². The molecule has 88 valence electrons. The summed E-state index contributed by atoms with van der Waals surface area (Å²) in [6, 6.07) is 0. The van der Waals surface area contributed by atoms with Gasteiger partial charge in [0.05, 0.1) is 11.2 Å². The van der Waals surface area contributed by atoms with E-state index in [1.807, 2.05) is 0 Å². The summed E-state index contributed by atoms with van der Waals surface area (Å²) >= 11 is 0. The lowest BCUT2D eigenvalue weighted by atomic mass is 10.1. The van der Waals surface area contributed by atoms with Gasteiger partial charge >= 0.3 is 0 Å². The molecule has 3 heteroatoms. The Bertz CT molecular complexity index is 105. The first-order chi connectivity index (χ1) is 6.12. The smallest absolute Gasteiger partial charge is 0.0605 e. The molecule has 0 atom stereocenters. The third kappa shape index (κ3) is 22.6. The van der Waals surface area contributed by atoms with Crippen LogP contribution in [0.3, 0.4) is 0 Å². The zero-order valence-corrected chi connectivity index (χ0v) is 10.4. The van der Waals surface area contributed by atoms with Gasteiger partial charge in [0.25, 0.3) is 0 Å². The molecule has 0 radical (unpaired) electrons. The quantitative estimate of drug-likeness (QED) is 0.726. The molecule has 0 rings (SSSR count). The van der Waals surface area contributed by atoms with Crippen molar-refractivity contribution in [1.29, 1.82) is 0 Å². The van der Waals surface area contributed by atoms with Crippen LogP contribution in [0.5, 0.6) is 0 Å². The molecule has 0 saturated heterocycles. The minimum absolute atomic E-state index is 0.0156. The lowest BCUT2D eigenvalue weighted by Gasteiger charge is -2.30. The van der Waals surface area contributed by atoms with Crippen LogP contribution in [-0.2, 0) is 4.74 Å². The summed E-state index contributed by atoms with van der Waals surface area (Å²) in [5, 5.41) is 15.8. The van der Waals surface area contributed by atoms with Crippen LogP contribution < -0.4 is 0 Å². The number of rotatable bonds is 2. The Balaban J connectivity index is 0. The minimum atomic E-state index is -0.0156. The highest BCUT2D eigenvalue weighted by atomic mass is 16.5. The summed E-state index contributed by atoms with van der Waals surface area (Å²) in [4.78, 5) is 0. The van der Waals surface area contributed by atoms with Crippen LogP contribution in [0.2, 0.25) is 0 Å². The van der Waals surface area contributed by atoms with Crippen molar-refractivity contribution in [2.75, 3.05) is 13.2 Å². The minimum Gasteiger partial charge on any atom is -0.396 e. The van der Waals surface area contributed by atoms with Gasteiger partial charge in [-0.05, 0) is 48.0 Å². The average Bonchev–Trinajstić information content (AvgIpc) is 1.81. The van der Waals surface area contributed by atoms with E-state index in [1.165, 1.54) is 0 Å². The molecule has 0 aromatic rings. The largest absolute Gasteiger partial charge is 0.396 e. The van der Waals surface area contributed by atoms with Crippen molar-refractivity contribution in [2.45, 2.75) is 59.2 Å². The molecule has 0 aliphatic rings. The highest BCUT2D eigenvalue weighted by Gasteiger charge is 2.19. The second-order valence-electron chi connectivity index (χ2n) is 5.13. The van der Waals surface area contributed by atoms with Crippen LogP contribution in [0, 0.1) is 0 Å². The van der Waals surface area contributed by atoms with E-state index in [9.17, 15) is 0 Å². The third-order valence-electron chi connectivity index (χ3n) is 0.929. The van der Waals surface area contributed by atoms with Crippen LogP contribution in [0.4, 0.5) is 0 Å². The predicted molar refractivity (Wildman–Crippen MR) is 59.4 cm³/mol. The van der Waals surface area contributed by atoms with E-state index in [2.05, 4.69) is 41.5 Å². The van der Waals surface area contributed by atoms with Crippen molar-refractivity contribution in [3.63, 3.8) is 0 Å². The SMILES string of the molecule is CC(C)(C)OC(C)(C)C.OCCCO. The monoisotopic (exact) mass is 206 g/mol. The molecule has 0 aromatic heterocycles. The highest BCUT2D eigenvalue weighted by Crippen LogP contribution is 2.17. The molecule has 0 saturated carbocycles. The Morgan fingerprint density at radius 1 is 0.786 bits per heavy atom. The Kier molecular flexibility index (Phi) is 8.40. The highest BCUT2D eigenvalue weighted by molar-refractivity contribution is 4.68. The van der Waals surface area contributed by atoms with E-state index in [0.717, 1.165) is 0 Å². The number of ether oxygens (including phenoxy) is 1. The summed E-state index contributed by atoms with van der Waals surface area (Å²) in [6.45, 7) is 12.6. The maximum atomic E-state index is 7.91. The molecule has 0 fully saturated rings. The van der Waals surface area contributed by atoms with Gasteiger partial charge < -0.3 is 14.9 Å². The first-order valence-electron chi connectivity index (χ1n) is 5.04. The molecular weight excluding hydrogens is 180 g/mol. The van der Waals surface area contributed by atoms with Gasteiger partial charge in [-0.25, -0.2) is 0 Å². The number of aliphatic hydroxyl groups is 2. The van der Waals surface area contributed by atoms with Crippen molar-refractivity contribution in [2.24, 2.45) is 0 Å². The Hall–Kier alpha value is -0.120. The summed E-state index contributed by atoms with van der Waals surface area (Å²) in [6.07, 6.45) is 0.500. The summed E-state index contributed by atoms with van der Waals surface area (Å²) < 4.78 is 5.62. The first-order valence-corrected chi connectivity index (χ1v) is 5.04. The van der Waals surface area contributed by atoms with Crippen molar-refractivity contribution < 1.29 is 14.9 Å². The Morgan fingerprint density at radius 3 is 1.07 bits per heavy atom. The molecule has 2 N–H and O–H groups in total. The molecule has 0 aliphatic carbocycles. The molecule has 0 unspecified atom stereocenters. The van der Waals surface area contributed by atoms with Crippen LogP contribution in [0.1, 0.15) is 48.0 Å². The summed E-state index contributed by atoms with van der Waals surface area (Å²) in [5.74, 6) is 0. The summed E-state index contributed by atoms with van der Waals surface area (Å²) in [7, 11) is 0. The van der Waals surface area contributed by atoms with Gasteiger partial charge in [-0.2, -0.15) is 0 Å². The van der Waals surface area contributed by atoms with Crippen molar-refractivity contribution >= 4 is 0 Å². The number of hydrogen-bond acceptors (Lipinski definition) is 3. The maximum Gasteiger partial charge on any atom is 0.0605 e. The Morgan fingerprint density at radius 2 is 1.07 bits per heavy atom. The fourth-order valence-corrected chi connectivity index (χ4v) is 0.989. The number of hydrogen-bond donors (Lipinski definition) is 2. The second kappa shape index (κ2) is 7.21. The first kappa shape index (κ1) is 16.3. The van der Waals surface area contributed by atoms with Gasteiger partial charge in [-0.3, -0.25) is 0 Å². The molecule has 0 amide bonds. The lowest BCUT2D eigenvalue weighted by molar-refractivity contribution is -0.102. The van der Waals surface area contributed by atoms with Crippen molar-refractivity contribution in [3.05, 3.63) is 0 Å². The van der Waals surface area contributed by atoms with E-state index in [4.69, 9.17) is 14.9 Å². The van der Waals surface area contributed by atoms with Gasteiger partial charge in [-0.1, -0.05) is 0 Å². The fourth-order valence-electron chi connectivity index (χ4n) is 0.989. The summed E-state index contributed by atoms with van der Waals surface area (Å²) in [5.41, 5.74) is -0.0312. The van der Waals surface area contributed by atoms with E-state index in [0.29, 0.717) is 6.42 Å². The van der Waals surface area contributed by atoms with Gasteiger partial charge in [0, 0.05) is 13.2 Å². The van der Waals surface area contributed by atoms with Gasteiger partial charge in [0.1, 0.15) is 0 Å². The lowest BCUT2D eigenvalue weighted by Crippen LogP contribution is -2.31. The van der Waals surface area contributed by atoms with Crippen LogP contribution in [-0.4, -0.2) is 34.6 Å². The molecule has 14 heavy (non-hydrogen) atoms. The van der Waals surface area contributed by atoms with E-state index in [-0.39, 0.29) is 24.4 Å². The molecule has 0 aromatic carbocycles. The number of aliphatic hydroxyl groups excluding tert-OH is 2. The molecule has 0 heterocycles. The molecule has 0 bridgehead atoms. The standard InChI is InChI=1S/C8H18O.C3H8O2/c1-7(2,3)9-8(4,5)6;4-2-1-3-5/h1-6H3;4-5H,1-3H2. The van der Waals surface area contributed by atoms with E-state index < -0.39 is 0 Å². The molecule has 0 aliphatic heterocycles. The van der Waals surface area contributed by atoms with Crippen LogP contribution in [0.25, 0.3) is 0 Å². The van der Waals surface area contributed by atoms with Crippen LogP contribution >= 0.6 is 0 Å². The van der Waals surface area contributed by atoms with Crippen LogP contribution in [0.15, 0.2) is 0 Å². The van der Waals surface area contributed by atoms with Gasteiger partial charge in [0.2, 0.25) is 0 Å². The van der Waals surface area contributed by atoms with E-state index in [1.54, 1.807) is 0 Å². The zero-order chi connectivity index (χ0) is 11.8. The molecular formula is C11H26O3. The average molecular weight is 206 g/mol.